The predicted molar refractivity (Wildman–Crippen MR) is 80.1 cm³/mol. The van der Waals surface area contributed by atoms with Gasteiger partial charge in [0.05, 0.1) is 12.1 Å². The molecule has 3 N–H and O–H groups in total. The average Bonchev–Trinajstić information content (AvgIpc) is 2.45. The number of hydrogen-bond acceptors (Lipinski definition) is 3. The molecule has 2 rings (SSSR count). The van der Waals surface area contributed by atoms with Crippen LogP contribution in [0.1, 0.15) is 30.9 Å². The van der Waals surface area contributed by atoms with Crippen LogP contribution < -0.4 is 10.6 Å². The summed E-state index contributed by atoms with van der Waals surface area (Å²) in [5.41, 5.74) is 0.452. The lowest BCUT2D eigenvalue weighted by Crippen LogP contribution is -2.47. The quantitative estimate of drug-likeness (QED) is 0.798. The molecule has 0 saturated carbocycles. The Kier molecular flexibility index (Phi) is 5.66. The molecule has 110 valence electrons. The third-order valence-electron chi connectivity index (χ3n) is 3.43. The second kappa shape index (κ2) is 7.27. The normalized spacial score (nSPS) is 20.4. The van der Waals surface area contributed by atoms with Gasteiger partial charge in [0.25, 0.3) is 0 Å². The molecular weight excluding hydrogens is 299 g/mol. The summed E-state index contributed by atoms with van der Waals surface area (Å²) < 4.78 is 0. The summed E-state index contributed by atoms with van der Waals surface area (Å²) in [4.78, 5) is 12.0. The molecule has 6 heteroatoms. The van der Waals surface area contributed by atoms with E-state index in [-0.39, 0.29) is 18.5 Å². The third kappa shape index (κ3) is 3.85. The molecular formula is C14H18Cl2N2O2. The van der Waals surface area contributed by atoms with E-state index in [0.29, 0.717) is 15.6 Å². The first-order chi connectivity index (χ1) is 9.59. The van der Waals surface area contributed by atoms with Crippen molar-refractivity contribution in [1.29, 1.82) is 0 Å². The minimum atomic E-state index is -0.913. The number of carbonyl (C=O) groups excluding carboxylic acids is 1. The number of aliphatic hydroxyl groups excluding tert-OH is 1. The number of piperidine rings is 1. The largest absolute Gasteiger partial charge is 0.386 e. The van der Waals surface area contributed by atoms with Crippen molar-refractivity contribution in [3.8, 4) is 0 Å². The van der Waals surface area contributed by atoms with Crippen LogP contribution in [0.5, 0.6) is 0 Å². The Balaban J connectivity index is 1.91. The van der Waals surface area contributed by atoms with Gasteiger partial charge in [0.2, 0.25) is 5.91 Å². The van der Waals surface area contributed by atoms with Gasteiger partial charge in [-0.3, -0.25) is 4.79 Å². The van der Waals surface area contributed by atoms with Gasteiger partial charge in [-0.2, -0.15) is 0 Å². The number of rotatable bonds is 4. The van der Waals surface area contributed by atoms with Crippen LogP contribution >= 0.6 is 23.2 Å². The molecule has 20 heavy (non-hydrogen) atoms. The number of amides is 1. The molecule has 4 nitrogen and oxygen atoms in total. The van der Waals surface area contributed by atoms with Gasteiger partial charge in [-0.05, 0) is 31.5 Å². The maximum Gasteiger partial charge on any atom is 0.237 e. The number of hydrogen-bond donors (Lipinski definition) is 3. The lowest BCUT2D eigenvalue weighted by Gasteiger charge is -2.23. The van der Waals surface area contributed by atoms with Gasteiger partial charge in [0.15, 0.2) is 0 Å². The molecule has 2 unspecified atom stereocenters. The average molecular weight is 317 g/mol. The van der Waals surface area contributed by atoms with Crippen LogP contribution in [0.3, 0.4) is 0 Å². The van der Waals surface area contributed by atoms with Gasteiger partial charge in [-0.1, -0.05) is 35.7 Å². The van der Waals surface area contributed by atoms with E-state index in [1.54, 1.807) is 18.2 Å². The number of benzene rings is 1. The van der Waals surface area contributed by atoms with Crippen LogP contribution in [0.15, 0.2) is 18.2 Å². The number of aliphatic hydroxyl groups is 1. The van der Waals surface area contributed by atoms with E-state index in [1.807, 2.05) is 0 Å². The highest BCUT2D eigenvalue weighted by atomic mass is 35.5. The summed E-state index contributed by atoms with van der Waals surface area (Å²) in [6.45, 7) is 0.956. The third-order valence-corrected chi connectivity index (χ3v) is 4.09. The van der Waals surface area contributed by atoms with Crippen LogP contribution in [0.25, 0.3) is 0 Å². The summed E-state index contributed by atoms with van der Waals surface area (Å²) >= 11 is 12.0. The van der Waals surface area contributed by atoms with Gasteiger partial charge < -0.3 is 15.7 Å². The topological polar surface area (TPSA) is 61.4 Å². The van der Waals surface area contributed by atoms with Crippen LogP contribution in [-0.4, -0.2) is 30.1 Å². The smallest absolute Gasteiger partial charge is 0.237 e. The van der Waals surface area contributed by atoms with Crippen LogP contribution in [-0.2, 0) is 4.79 Å². The van der Waals surface area contributed by atoms with Crippen molar-refractivity contribution in [2.24, 2.45) is 0 Å². The number of halogens is 2. The van der Waals surface area contributed by atoms with Crippen molar-refractivity contribution in [3.05, 3.63) is 33.8 Å². The highest BCUT2D eigenvalue weighted by Gasteiger charge is 2.22. The molecule has 1 heterocycles. The fourth-order valence-electron chi connectivity index (χ4n) is 2.33. The van der Waals surface area contributed by atoms with E-state index >= 15 is 0 Å². The van der Waals surface area contributed by atoms with Gasteiger partial charge in [0.1, 0.15) is 0 Å². The van der Waals surface area contributed by atoms with E-state index in [1.165, 1.54) is 0 Å². The molecule has 1 aliphatic heterocycles. The Morgan fingerprint density at radius 2 is 2.10 bits per heavy atom. The first-order valence-electron chi connectivity index (χ1n) is 6.72. The van der Waals surface area contributed by atoms with E-state index in [0.717, 1.165) is 25.8 Å². The zero-order valence-electron chi connectivity index (χ0n) is 11.0. The highest BCUT2D eigenvalue weighted by molar-refractivity contribution is 6.36. The van der Waals surface area contributed by atoms with Crippen LogP contribution in [0.2, 0.25) is 10.0 Å². The Morgan fingerprint density at radius 3 is 2.70 bits per heavy atom. The van der Waals surface area contributed by atoms with Crippen LogP contribution in [0, 0.1) is 0 Å². The van der Waals surface area contributed by atoms with Crippen molar-refractivity contribution in [2.75, 3.05) is 13.1 Å². The molecule has 0 aromatic heterocycles. The Morgan fingerprint density at radius 1 is 1.40 bits per heavy atom. The molecule has 0 radical (unpaired) electrons. The number of carbonyl (C=O) groups is 1. The Hall–Kier alpha value is -0.810. The monoisotopic (exact) mass is 316 g/mol. The maximum absolute atomic E-state index is 12.0. The zero-order chi connectivity index (χ0) is 14.5. The number of nitrogens with one attached hydrogen (secondary N) is 2. The SMILES string of the molecule is O=C(NCC(O)c1c(Cl)cccc1Cl)C1CCCCN1. The van der Waals surface area contributed by atoms with Crippen molar-refractivity contribution in [1.82, 2.24) is 10.6 Å². The van der Waals surface area contributed by atoms with E-state index in [9.17, 15) is 9.90 Å². The van der Waals surface area contributed by atoms with Gasteiger partial charge in [-0.15, -0.1) is 0 Å². The minimum absolute atomic E-state index is 0.0908. The molecule has 2 atom stereocenters. The Labute approximate surface area is 128 Å². The molecule has 1 aromatic carbocycles. The van der Waals surface area contributed by atoms with E-state index < -0.39 is 6.10 Å². The zero-order valence-corrected chi connectivity index (χ0v) is 12.5. The summed E-state index contributed by atoms with van der Waals surface area (Å²) in [6.07, 6.45) is 2.06. The summed E-state index contributed by atoms with van der Waals surface area (Å²) in [6, 6.07) is 4.87. The summed E-state index contributed by atoms with van der Waals surface area (Å²) in [7, 11) is 0. The molecule has 0 bridgehead atoms. The van der Waals surface area contributed by atoms with Gasteiger partial charge in [0, 0.05) is 22.2 Å². The predicted octanol–water partition coefficient (Wildman–Crippen LogP) is 2.29. The summed E-state index contributed by atoms with van der Waals surface area (Å²) in [5, 5.41) is 16.8. The van der Waals surface area contributed by atoms with Crippen molar-refractivity contribution < 1.29 is 9.90 Å². The maximum atomic E-state index is 12.0. The van der Waals surface area contributed by atoms with E-state index in [4.69, 9.17) is 23.2 Å². The second-order valence-corrected chi connectivity index (χ2v) is 5.71. The Bertz CT molecular complexity index is 456. The van der Waals surface area contributed by atoms with Gasteiger partial charge >= 0.3 is 0 Å². The van der Waals surface area contributed by atoms with Crippen LogP contribution in [0.4, 0.5) is 0 Å². The summed E-state index contributed by atoms with van der Waals surface area (Å²) in [5.74, 6) is -0.0908. The second-order valence-electron chi connectivity index (χ2n) is 4.90. The van der Waals surface area contributed by atoms with E-state index in [2.05, 4.69) is 10.6 Å². The first-order valence-corrected chi connectivity index (χ1v) is 7.48. The molecule has 1 fully saturated rings. The van der Waals surface area contributed by atoms with Crippen molar-refractivity contribution >= 4 is 29.1 Å². The molecule has 1 aliphatic rings. The van der Waals surface area contributed by atoms with Crippen molar-refractivity contribution in [2.45, 2.75) is 31.4 Å². The first kappa shape index (κ1) is 15.6. The lowest BCUT2D eigenvalue weighted by atomic mass is 10.0. The minimum Gasteiger partial charge on any atom is -0.386 e. The standard InChI is InChI=1S/C14H18Cl2N2O2/c15-9-4-3-5-10(16)13(9)12(19)8-18-14(20)11-6-1-2-7-17-11/h3-5,11-12,17,19H,1-2,6-8H2,(H,18,20). The molecule has 1 aromatic rings. The fraction of sp³-hybridized carbons (Fsp3) is 0.500. The van der Waals surface area contributed by atoms with Gasteiger partial charge in [-0.25, -0.2) is 0 Å². The molecule has 0 aliphatic carbocycles. The molecule has 1 amide bonds. The molecule has 1 saturated heterocycles. The molecule has 0 spiro atoms. The lowest BCUT2D eigenvalue weighted by molar-refractivity contribution is -0.124. The van der Waals surface area contributed by atoms with Crippen molar-refractivity contribution in [3.63, 3.8) is 0 Å². The highest BCUT2D eigenvalue weighted by Crippen LogP contribution is 2.29. The fourth-order valence-corrected chi connectivity index (χ4v) is 2.98.